The zero-order chi connectivity index (χ0) is 41.5. The van der Waals surface area contributed by atoms with Crippen LogP contribution in [0.1, 0.15) is 8.22 Å². The second-order valence-corrected chi connectivity index (χ2v) is 13.5. The van der Waals surface area contributed by atoms with Crippen molar-refractivity contribution in [2.75, 3.05) is 0 Å². The molecular weight excluding hydrogens is 671 g/mol. The van der Waals surface area contributed by atoms with Gasteiger partial charge >= 0.3 is 0 Å². The topological polar surface area (TPSA) is 51.8 Å². The van der Waals surface area contributed by atoms with Crippen molar-refractivity contribution in [3.05, 3.63) is 188 Å². The molecule has 0 fully saturated rings. The molecule has 0 spiro atoms. The third-order valence-electron chi connectivity index (χ3n) is 10.2. The Balaban J connectivity index is 1.16. The minimum atomic E-state index is -0.346. The van der Waals surface area contributed by atoms with E-state index in [-0.39, 0.29) is 69.6 Å². The van der Waals surface area contributed by atoms with E-state index in [9.17, 15) is 5.48 Å². The minimum Gasteiger partial charge on any atom is -0.456 e. The lowest BCUT2D eigenvalue weighted by molar-refractivity contribution is 0.669. The zero-order valence-electron chi connectivity index (χ0n) is 35.2. The van der Waals surface area contributed by atoms with E-state index in [0.29, 0.717) is 33.9 Å². The van der Waals surface area contributed by atoms with Crippen LogP contribution >= 0.6 is 0 Å². The normalized spacial score (nSPS) is 13.2. The lowest BCUT2D eigenvalue weighted by Crippen LogP contribution is -2.00. The number of hydrogen-bond donors (Lipinski definition) is 0. The van der Waals surface area contributed by atoms with Gasteiger partial charge in [-0.15, -0.1) is 0 Å². The van der Waals surface area contributed by atoms with Crippen LogP contribution in [0.2, 0.25) is 0 Å². The van der Waals surface area contributed by atoms with Crippen molar-refractivity contribution in [2.24, 2.45) is 0 Å². The maximum absolute atomic E-state index is 9.62. The Hall–Kier alpha value is -7.43. The standard InChI is InChI=1S/C51H31N3O/c1-3-13-32(14-4-1)34-17-11-18-36(29-34)50-52-49(33-15-5-2-6-16-33)53-51(54-50)37-26-28-44-47(31-37)55-46-24-12-23-38(48(44)46)35-25-27-43-41-21-8-7-19-39(41)40-20-9-10-22-42(40)45(43)30-35/h1-31H/i12D,23D,24D,26D,28D,31D. The van der Waals surface area contributed by atoms with E-state index in [1.54, 1.807) is 0 Å². The molecule has 55 heavy (non-hydrogen) atoms. The van der Waals surface area contributed by atoms with E-state index in [0.717, 1.165) is 43.4 Å². The number of furan rings is 1. The van der Waals surface area contributed by atoms with E-state index >= 15 is 0 Å². The first-order chi connectivity index (χ1) is 29.8. The summed E-state index contributed by atoms with van der Waals surface area (Å²) in [6.45, 7) is 0. The Morgan fingerprint density at radius 3 is 1.64 bits per heavy atom. The summed E-state index contributed by atoms with van der Waals surface area (Å²) in [7, 11) is 0. The molecule has 2 aromatic heterocycles. The molecule has 0 aliphatic heterocycles. The van der Waals surface area contributed by atoms with Crippen LogP contribution in [0.25, 0.3) is 111 Å². The van der Waals surface area contributed by atoms with Gasteiger partial charge in [-0.2, -0.15) is 0 Å². The van der Waals surface area contributed by atoms with Crippen molar-refractivity contribution in [3.63, 3.8) is 0 Å². The highest BCUT2D eigenvalue weighted by atomic mass is 16.3. The summed E-state index contributed by atoms with van der Waals surface area (Å²) in [6.07, 6.45) is 0. The monoisotopic (exact) mass is 707 g/mol. The van der Waals surface area contributed by atoms with Crippen LogP contribution in [0, 0.1) is 0 Å². The average molecular weight is 708 g/mol. The summed E-state index contributed by atoms with van der Waals surface area (Å²) < 4.78 is 62.2. The Bertz CT molecular complexity index is 3580. The molecule has 11 aromatic rings. The fraction of sp³-hybridized carbons (Fsp3) is 0. The van der Waals surface area contributed by atoms with E-state index in [4.69, 9.17) is 22.1 Å². The van der Waals surface area contributed by atoms with Gasteiger partial charge in [0.15, 0.2) is 17.5 Å². The lowest BCUT2D eigenvalue weighted by Gasteiger charge is -2.12. The molecular formula is C51H31N3O. The number of fused-ring (bicyclic) bond motifs is 9. The molecule has 4 heteroatoms. The maximum Gasteiger partial charge on any atom is 0.164 e. The van der Waals surface area contributed by atoms with Gasteiger partial charge in [0.25, 0.3) is 0 Å². The second kappa shape index (κ2) is 12.6. The first-order valence-electron chi connectivity index (χ1n) is 21.0. The first kappa shape index (κ1) is 25.5. The quantitative estimate of drug-likeness (QED) is 0.167. The van der Waals surface area contributed by atoms with Gasteiger partial charge in [-0.25, -0.2) is 15.0 Å². The molecule has 11 rings (SSSR count). The number of rotatable bonds is 5. The zero-order valence-corrected chi connectivity index (χ0v) is 29.2. The van der Waals surface area contributed by atoms with Crippen molar-refractivity contribution < 1.29 is 12.6 Å². The third-order valence-corrected chi connectivity index (χ3v) is 10.2. The van der Waals surface area contributed by atoms with Crippen LogP contribution in [0.5, 0.6) is 0 Å². The highest BCUT2D eigenvalue weighted by molar-refractivity contribution is 6.26. The summed E-state index contributed by atoms with van der Waals surface area (Å²) in [6, 6.07) is 47.7. The number of nitrogens with zero attached hydrogens (tertiary/aromatic N) is 3. The van der Waals surface area contributed by atoms with E-state index in [1.165, 1.54) is 0 Å². The minimum absolute atomic E-state index is 0.0159. The molecule has 0 N–H and O–H groups in total. The van der Waals surface area contributed by atoms with Gasteiger partial charge in [0, 0.05) is 27.5 Å². The fourth-order valence-electron chi connectivity index (χ4n) is 7.64. The number of benzene rings is 9. The van der Waals surface area contributed by atoms with Gasteiger partial charge in [0.05, 0.1) is 8.22 Å². The van der Waals surface area contributed by atoms with Crippen LogP contribution in [0.15, 0.2) is 192 Å². The summed E-state index contributed by atoms with van der Waals surface area (Å²) in [5, 5.41) is 6.62. The predicted octanol–water partition coefficient (Wildman–Crippen LogP) is 13.6. The van der Waals surface area contributed by atoms with Crippen molar-refractivity contribution in [3.8, 4) is 56.4 Å². The highest BCUT2D eigenvalue weighted by Crippen LogP contribution is 2.41. The summed E-state index contributed by atoms with van der Waals surface area (Å²) in [4.78, 5) is 14.5. The third kappa shape index (κ3) is 5.26. The molecule has 0 amide bonds. The molecule has 4 nitrogen and oxygen atoms in total. The van der Waals surface area contributed by atoms with Crippen molar-refractivity contribution >= 4 is 54.3 Å². The molecule has 2 heterocycles. The van der Waals surface area contributed by atoms with Gasteiger partial charge in [0.1, 0.15) is 11.2 Å². The van der Waals surface area contributed by atoms with Gasteiger partial charge in [-0.3, -0.25) is 0 Å². The van der Waals surface area contributed by atoms with Crippen LogP contribution in [0.3, 0.4) is 0 Å². The SMILES string of the molecule is [2H]c1c([2H])c(-c2ccc3c4ccccc4c4ccccc4c3c2)c2c(oc3c([2H])c(-c4nc(-c5ccccc5)nc(-c5cccc(-c6ccccc6)c5)n4)c([2H])c([2H])c32)c1[2H]. The van der Waals surface area contributed by atoms with Gasteiger partial charge in [-0.05, 0) is 84.8 Å². The number of hydrogen-bond acceptors (Lipinski definition) is 4. The van der Waals surface area contributed by atoms with Gasteiger partial charge in [0.2, 0.25) is 0 Å². The van der Waals surface area contributed by atoms with Crippen molar-refractivity contribution in [2.45, 2.75) is 0 Å². The van der Waals surface area contributed by atoms with Crippen molar-refractivity contribution in [1.82, 2.24) is 15.0 Å². The van der Waals surface area contributed by atoms with Crippen LogP contribution in [-0.2, 0) is 0 Å². The fourth-order valence-corrected chi connectivity index (χ4v) is 7.64. The summed E-state index contributed by atoms with van der Waals surface area (Å²) in [5.41, 5.74) is 4.12. The second-order valence-electron chi connectivity index (χ2n) is 13.5. The molecule has 0 bridgehead atoms. The number of aromatic nitrogens is 3. The Morgan fingerprint density at radius 2 is 0.927 bits per heavy atom. The van der Waals surface area contributed by atoms with E-state index in [1.807, 2.05) is 127 Å². The van der Waals surface area contributed by atoms with Crippen molar-refractivity contribution in [1.29, 1.82) is 0 Å². The highest BCUT2D eigenvalue weighted by Gasteiger charge is 2.18. The first-order valence-corrected chi connectivity index (χ1v) is 18.0. The van der Waals surface area contributed by atoms with Crippen LogP contribution in [0.4, 0.5) is 0 Å². The largest absolute Gasteiger partial charge is 0.456 e. The molecule has 0 atom stereocenters. The molecule has 0 aliphatic rings. The van der Waals surface area contributed by atoms with E-state index in [2.05, 4.69) is 24.3 Å². The Kier molecular flexibility index (Phi) is 5.85. The lowest BCUT2D eigenvalue weighted by atomic mass is 9.91. The van der Waals surface area contributed by atoms with Gasteiger partial charge in [-0.1, -0.05) is 158 Å². The molecule has 0 saturated heterocycles. The maximum atomic E-state index is 9.62. The molecule has 0 unspecified atom stereocenters. The average Bonchev–Trinajstić information content (AvgIpc) is 3.72. The van der Waals surface area contributed by atoms with Crippen LogP contribution < -0.4 is 0 Å². The van der Waals surface area contributed by atoms with Gasteiger partial charge < -0.3 is 4.42 Å². The molecule has 0 saturated carbocycles. The predicted molar refractivity (Wildman–Crippen MR) is 227 cm³/mol. The van der Waals surface area contributed by atoms with Crippen LogP contribution in [-0.4, -0.2) is 15.0 Å². The Labute approximate surface area is 325 Å². The molecule has 256 valence electrons. The Morgan fingerprint density at radius 1 is 0.364 bits per heavy atom. The summed E-state index contributed by atoms with van der Waals surface area (Å²) in [5.74, 6) is 0.662. The molecule has 9 aromatic carbocycles. The van der Waals surface area contributed by atoms with E-state index < -0.39 is 0 Å². The smallest absolute Gasteiger partial charge is 0.164 e. The molecule has 0 aliphatic carbocycles. The molecule has 0 radical (unpaired) electrons. The summed E-state index contributed by atoms with van der Waals surface area (Å²) >= 11 is 0.